The number of benzene rings is 3. The van der Waals surface area contributed by atoms with Crippen molar-refractivity contribution in [2.24, 2.45) is 0 Å². The lowest BCUT2D eigenvalue weighted by molar-refractivity contribution is -0.122. The summed E-state index contributed by atoms with van der Waals surface area (Å²) in [5.41, 5.74) is 4.03. The van der Waals surface area contributed by atoms with E-state index in [1.54, 1.807) is 11.7 Å². The van der Waals surface area contributed by atoms with Crippen LogP contribution in [0.25, 0.3) is 11.4 Å². The van der Waals surface area contributed by atoms with Gasteiger partial charge in [0, 0.05) is 5.56 Å². The van der Waals surface area contributed by atoms with Crippen LogP contribution in [-0.4, -0.2) is 27.8 Å². The molecule has 4 rings (SSSR count). The number of hydrogen-bond acceptors (Lipinski definition) is 4. The van der Waals surface area contributed by atoms with Gasteiger partial charge in [-0.15, -0.1) is 0 Å². The van der Waals surface area contributed by atoms with Gasteiger partial charge in [-0.25, -0.2) is 0 Å². The zero-order chi connectivity index (χ0) is 22.5. The molecule has 0 saturated carbocycles. The number of carbonyl (C=O) groups is 1. The first kappa shape index (κ1) is 21.5. The summed E-state index contributed by atoms with van der Waals surface area (Å²) >= 11 is 5.39. The number of H-pyrrole nitrogens is 1. The van der Waals surface area contributed by atoms with Crippen molar-refractivity contribution in [1.82, 2.24) is 20.1 Å². The van der Waals surface area contributed by atoms with Gasteiger partial charge in [0.25, 0.3) is 0 Å². The number of nitrogens with zero attached hydrogens (tertiary/aromatic N) is 2. The maximum absolute atomic E-state index is 13.1. The molecule has 0 radical (unpaired) electrons. The van der Waals surface area contributed by atoms with Crippen LogP contribution in [0.2, 0.25) is 0 Å². The Balaban J connectivity index is 1.59. The second-order valence-electron chi connectivity index (χ2n) is 7.49. The van der Waals surface area contributed by atoms with Crippen LogP contribution >= 0.6 is 12.2 Å². The van der Waals surface area contributed by atoms with Gasteiger partial charge in [-0.05, 0) is 54.5 Å². The van der Waals surface area contributed by atoms with E-state index in [0.717, 1.165) is 22.4 Å². The quantitative estimate of drug-likeness (QED) is 0.401. The first-order valence-electron chi connectivity index (χ1n) is 10.3. The minimum atomic E-state index is -0.269. The first-order valence-corrected chi connectivity index (χ1v) is 10.7. The van der Waals surface area contributed by atoms with Gasteiger partial charge < -0.3 is 10.1 Å². The van der Waals surface area contributed by atoms with E-state index >= 15 is 0 Å². The van der Waals surface area contributed by atoms with Crippen LogP contribution in [0, 0.1) is 11.7 Å². The number of rotatable bonds is 7. The third-order valence-corrected chi connectivity index (χ3v) is 5.57. The second kappa shape index (κ2) is 9.62. The highest BCUT2D eigenvalue weighted by Crippen LogP contribution is 2.24. The first-order chi connectivity index (χ1) is 15.5. The van der Waals surface area contributed by atoms with Crippen LogP contribution in [-0.2, 0) is 11.3 Å². The Morgan fingerprint density at radius 2 is 1.69 bits per heavy atom. The number of ether oxygens (including phenoxy) is 1. The molecule has 1 heterocycles. The summed E-state index contributed by atoms with van der Waals surface area (Å²) in [6.45, 7) is 2.09. The standard InChI is InChI=1S/C25H24N4O2S/c1-17-8-10-19(11-9-17)23(18-6-4-3-5-7-18)26-22(30)16-29-24(27-28-25(29)32)20-12-14-21(31-2)15-13-20/h3-15,23H,16H2,1-2H3,(H,26,30)(H,28,32)/t23-/m1/s1. The molecule has 0 bridgehead atoms. The summed E-state index contributed by atoms with van der Waals surface area (Å²) in [7, 11) is 1.62. The maximum atomic E-state index is 13.1. The van der Waals surface area contributed by atoms with E-state index in [1.807, 2.05) is 85.8 Å². The molecule has 1 atom stereocenters. The number of aromatic amines is 1. The average molecular weight is 445 g/mol. The van der Waals surface area contributed by atoms with Gasteiger partial charge in [0.2, 0.25) is 5.91 Å². The molecule has 3 aromatic carbocycles. The molecule has 0 spiro atoms. The molecule has 2 N–H and O–H groups in total. The Hall–Kier alpha value is -3.71. The van der Waals surface area contributed by atoms with Crippen LogP contribution in [0.4, 0.5) is 0 Å². The lowest BCUT2D eigenvalue weighted by Crippen LogP contribution is -2.32. The summed E-state index contributed by atoms with van der Waals surface area (Å²) < 4.78 is 7.31. The van der Waals surface area contributed by atoms with Gasteiger partial charge >= 0.3 is 0 Å². The zero-order valence-electron chi connectivity index (χ0n) is 17.9. The van der Waals surface area contributed by atoms with Crippen molar-refractivity contribution in [1.29, 1.82) is 0 Å². The van der Waals surface area contributed by atoms with Crippen molar-refractivity contribution >= 4 is 18.1 Å². The number of hydrogen-bond donors (Lipinski definition) is 2. The van der Waals surface area contributed by atoms with Crippen molar-refractivity contribution in [2.45, 2.75) is 19.5 Å². The Bertz CT molecular complexity index is 1250. The topological polar surface area (TPSA) is 71.9 Å². The number of nitrogens with one attached hydrogen (secondary N) is 2. The fraction of sp³-hybridized carbons (Fsp3) is 0.160. The molecule has 1 aromatic heterocycles. The summed E-state index contributed by atoms with van der Waals surface area (Å²) in [5.74, 6) is 1.18. The predicted octanol–water partition coefficient (Wildman–Crippen LogP) is 4.83. The summed E-state index contributed by atoms with van der Waals surface area (Å²) in [5, 5.41) is 10.3. The molecule has 0 aliphatic carbocycles. The smallest absolute Gasteiger partial charge is 0.240 e. The fourth-order valence-corrected chi connectivity index (χ4v) is 3.74. The normalized spacial score (nSPS) is 11.7. The van der Waals surface area contributed by atoms with E-state index < -0.39 is 0 Å². The molecular formula is C25H24N4O2S. The van der Waals surface area contributed by atoms with Gasteiger partial charge in [0.1, 0.15) is 12.3 Å². The van der Waals surface area contributed by atoms with E-state index in [2.05, 4.69) is 15.5 Å². The van der Waals surface area contributed by atoms with Crippen LogP contribution in [0.5, 0.6) is 5.75 Å². The summed E-state index contributed by atoms with van der Waals surface area (Å²) in [6.07, 6.45) is 0. The minimum absolute atomic E-state index is 0.0475. The van der Waals surface area contributed by atoms with Gasteiger partial charge in [-0.3, -0.25) is 14.5 Å². The average Bonchev–Trinajstić information content (AvgIpc) is 3.18. The highest BCUT2D eigenvalue weighted by molar-refractivity contribution is 7.71. The molecule has 0 fully saturated rings. The third-order valence-electron chi connectivity index (χ3n) is 5.26. The SMILES string of the molecule is COc1ccc(-c2n[nH]c(=S)n2CC(=O)N[C@H](c2ccccc2)c2ccc(C)cc2)cc1. The third kappa shape index (κ3) is 4.78. The van der Waals surface area contributed by atoms with Crippen LogP contribution < -0.4 is 10.1 Å². The Morgan fingerprint density at radius 3 is 2.34 bits per heavy atom. The lowest BCUT2D eigenvalue weighted by Gasteiger charge is -2.20. The Kier molecular flexibility index (Phi) is 6.47. The van der Waals surface area contributed by atoms with Crippen molar-refractivity contribution < 1.29 is 9.53 Å². The monoisotopic (exact) mass is 444 g/mol. The molecule has 0 saturated heterocycles. The van der Waals surface area contributed by atoms with Gasteiger partial charge in [-0.2, -0.15) is 5.10 Å². The van der Waals surface area contributed by atoms with E-state index in [-0.39, 0.29) is 18.5 Å². The van der Waals surface area contributed by atoms with E-state index in [0.29, 0.717) is 10.6 Å². The zero-order valence-corrected chi connectivity index (χ0v) is 18.7. The highest BCUT2D eigenvalue weighted by Gasteiger charge is 2.19. The summed E-state index contributed by atoms with van der Waals surface area (Å²) in [4.78, 5) is 13.1. The molecule has 0 aliphatic rings. The van der Waals surface area contributed by atoms with Crippen molar-refractivity contribution in [2.75, 3.05) is 7.11 Å². The van der Waals surface area contributed by atoms with Gasteiger partial charge in [-0.1, -0.05) is 60.2 Å². The number of aryl methyl sites for hydroxylation is 1. The number of aromatic nitrogens is 3. The van der Waals surface area contributed by atoms with E-state index in [1.165, 1.54) is 5.56 Å². The van der Waals surface area contributed by atoms with Crippen LogP contribution in [0.15, 0.2) is 78.9 Å². The minimum Gasteiger partial charge on any atom is -0.497 e. The number of carbonyl (C=O) groups excluding carboxylic acids is 1. The molecule has 1 amide bonds. The second-order valence-corrected chi connectivity index (χ2v) is 7.88. The fourth-order valence-electron chi connectivity index (χ4n) is 3.54. The largest absolute Gasteiger partial charge is 0.497 e. The van der Waals surface area contributed by atoms with E-state index in [4.69, 9.17) is 17.0 Å². The Labute approximate surface area is 191 Å². The highest BCUT2D eigenvalue weighted by atomic mass is 32.1. The molecule has 0 aliphatic heterocycles. The van der Waals surface area contributed by atoms with Gasteiger partial charge in [0.15, 0.2) is 10.6 Å². The molecule has 6 nitrogen and oxygen atoms in total. The summed E-state index contributed by atoms with van der Waals surface area (Å²) in [6, 6.07) is 25.3. The Morgan fingerprint density at radius 1 is 1.03 bits per heavy atom. The molecule has 0 unspecified atom stereocenters. The van der Waals surface area contributed by atoms with Crippen LogP contribution in [0.3, 0.4) is 0 Å². The molecule has 7 heteroatoms. The van der Waals surface area contributed by atoms with E-state index in [9.17, 15) is 4.79 Å². The number of methoxy groups -OCH3 is 1. The molecule has 162 valence electrons. The number of amides is 1. The molecule has 32 heavy (non-hydrogen) atoms. The van der Waals surface area contributed by atoms with Crippen molar-refractivity contribution in [3.05, 3.63) is 100 Å². The van der Waals surface area contributed by atoms with Crippen LogP contribution in [0.1, 0.15) is 22.7 Å². The van der Waals surface area contributed by atoms with Crippen molar-refractivity contribution in [3.8, 4) is 17.1 Å². The predicted molar refractivity (Wildman–Crippen MR) is 127 cm³/mol. The maximum Gasteiger partial charge on any atom is 0.240 e. The molecule has 4 aromatic rings. The molecular weight excluding hydrogens is 420 g/mol. The lowest BCUT2D eigenvalue weighted by atomic mass is 9.98. The van der Waals surface area contributed by atoms with Crippen molar-refractivity contribution in [3.63, 3.8) is 0 Å². The van der Waals surface area contributed by atoms with Gasteiger partial charge in [0.05, 0.1) is 13.2 Å².